The van der Waals surface area contributed by atoms with Crippen molar-refractivity contribution in [2.24, 2.45) is 0 Å². The van der Waals surface area contributed by atoms with Crippen LogP contribution in [0.4, 0.5) is 0 Å². The lowest BCUT2D eigenvalue weighted by atomic mass is 10.1. The second-order valence-corrected chi connectivity index (χ2v) is 8.71. The molecule has 5 rings (SSSR count). The summed E-state index contributed by atoms with van der Waals surface area (Å²) in [6.07, 6.45) is 6.99. The highest BCUT2D eigenvalue weighted by molar-refractivity contribution is 7.14. The van der Waals surface area contributed by atoms with E-state index in [-0.39, 0.29) is 5.91 Å². The molecule has 0 aliphatic carbocycles. The van der Waals surface area contributed by atoms with Crippen LogP contribution in [-0.4, -0.2) is 38.5 Å². The van der Waals surface area contributed by atoms with Gasteiger partial charge in [-0.25, -0.2) is 9.50 Å². The molecule has 6 heteroatoms. The third kappa shape index (κ3) is 3.34. The van der Waals surface area contributed by atoms with E-state index in [1.807, 2.05) is 33.8 Å². The highest BCUT2D eigenvalue weighted by Gasteiger charge is 2.22. The van der Waals surface area contributed by atoms with Gasteiger partial charge in [0.05, 0.1) is 23.0 Å². The van der Waals surface area contributed by atoms with Gasteiger partial charge in [-0.2, -0.15) is 5.10 Å². The van der Waals surface area contributed by atoms with Crippen LogP contribution in [0.5, 0.6) is 0 Å². The van der Waals surface area contributed by atoms with Gasteiger partial charge in [0.25, 0.3) is 5.91 Å². The molecule has 1 aliphatic heterocycles. The largest absolute Gasteiger partial charge is 0.339 e. The van der Waals surface area contributed by atoms with Crippen LogP contribution in [0.25, 0.3) is 27.3 Å². The van der Waals surface area contributed by atoms with Crippen LogP contribution < -0.4 is 0 Å². The Morgan fingerprint density at radius 3 is 2.45 bits per heavy atom. The van der Waals surface area contributed by atoms with Gasteiger partial charge in [-0.05, 0) is 38.3 Å². The average molecular weight is 403 g/mol. The fraction of sp³-hybridized carbons (Fsp3) is 0.261. The van der Waals surface area contributed by atoms with Crippen molar-refractivity contribution in [3.63, 3.8) is 0 Å². The number of fused-ring (bicyclic) bond motifs is 1. The molecule has 1 fully saturated rings. The molecule has 0 radical (unpaired) electrons. The van der Waals surface area contributed by atoms with Crippen LogP contribution in [-0.2, 0) is 0 Å². The number of amides is 1. The number of nitrogens with zero attached hydrogens (tertiary/aromatic N) is 4. The van der Waals surface area contributed by atoms with Crippen LogP contribution >= 0.6 is 11.3 Å². The number of carbonyl (C=O) groups excluding carboxylic acids is 1. The summed E-state index contributed by atoms with van der Waals surface area (Å²) in [4.78, 5) is 20.6. The zero-order chi connectivity index (χ0) is 19.8. The van der Waals surface area contributed by atoms with Crippen LogP contribution in [0.2, 0.25) is 0 Å². The van der Waals surface area contributed by atoms with E-state index in [1.54, 1.807) is 17.5 Å². The Morgan fingerprint density at radius 1 is 0.966 bits per heavy atom. The van der Waals surface area contributed by atoms with E-state index in [0.717, 1.165) is 53.3 Å². The maximum Gasteiger partial charge on any atom is 0.257 e. The summed E-state index contributed by atoms with van der Waals surface area (Å²) in [5, 5.41) is 5.58. The highest BCUT2D eigenvalue weighted by Crippen LogP contribution is 2.28. The van der Waals surface area contributed by atoms with Crippen molar-refractivity contribution in [3.05, 3.63) is 65.3 Å². The number of thiazole rings is 1. The summed E-state index contributed by atoms with van der Waals surface area (Å²) in [6, 6.07) is 14.4. The zero-order valence-corrected chi connectivity index (χ0v) is 17.2. The van der Waals surface area contributed by atoms with Crippen molar-refractivity contribution in [3.8, 4) is 21.8 Å². The molecule has 0 spiro atoms. The van der Waals surface area contributed by atoms with Crippen LogP contribution in [0.15, 0.2) is 54.9 Å². The molecule has 0 bridgehead atoms. The number of aromatic nitrogens is 3. The third-order valence-electron chi connectivity index (χ3n) is 5.47. The van der Waals surface area contributed by atoms with Gasteiger partial charge in [-0.3, -0.25) is 4.79 Å². The molecule has 1 aromatic carbocycles. The number of benzene rings is 1. The molecule has 29 heavy (non-hydrogen) atoms. The maximum atomic E-state index is 13.0. The van der Waals surface area contributed by atoms with Crippen molar-refractivity contribution in [1.82, 2.24) is 19.5 Å². The predicted octanol–water partition coefficient (Wildman–Crippen LogP) is 5.06. The molecule has 0 saturated carbocycles. The predicted molar refractivity (Wildman–Crippen MR) is 116 cm³/mol. The van der Waals surface area contributed by atoms with Crippen LogP contribution in [0.3, 0.4) is 0 Å². The summed E-state index contributed by atoms with van der Waals surface area (Å²) < 4.78 is 1.87. The summed E-state index contributed by atoms with van der Waals surface area (Å²) in [7, 11) is 0. The quantitative estimate of drug-likeness (QED) is 0.481. The SMILES string of the molecule is Cc1cnc(-c2ccc(-c3cccc4c(C(=O)N5CCCCC5)cnn34)cc2)s1. The summed E-state index contributed by atoms with van der Waals surface area (Å²) in [6.45, 7) is 3.75. The van der Waals surface area contributed by atoms with Crippen molar-refractivity contribution in [1.29, 1.82) is 0 Å². The topological polar surface area (TPSA) is 50.5 Å². The lowest BCUT2D eigenvalue weighted by molar-refractivity contribution is 0.0726. The molecule has 0 atom stereocenters. The normalized spacial score (nSPS) is 14.4. The minimum Gasteiger partial charge on any atom is -0.339 e. The van der Waals surface area contributed by atoms with E-state index < -0.39 is 0 Å². The third-order valence-corrected chi connectivity index (χ3v) is 6.43. The molecule has 0 N–H and O–H groups in total. The van der Waals surface area contributed by atoms with Gasteiger partial charge in [0.15, 0.2) is 0 Å². The van der Waals surface area contributed by atoms with E-state index >= 15 is 0 Å². The van der Waals surface area contributed by atoms with E-state index in [9.17, 15) is 4.79 Å². The first-order valence-corrected chi connectivity index (χ1v) is 10.8. The summed E-state index contributed by atoms with van der Waals surface area (Å²) in [5.41, 5.74) is 4.69. The Labute approximate surface area is 173 Å². The van der Waals surface area contributed by atoms with Crippen molar-refractivity contribution in [2.75, 3.05) is 13.1 Å². The highest BCUT2D eigenvalue weighted by atomic mass is 32.1. The van der Waals surface area contributed by atoms with Gasteiger partial charge in [0.1, 0.15) is 5.01 Å². The van der Waals surface area contributed by atoms with Crippen molar-refractivity contribution < 1.29 is 4.79 Å². The van der Waals surface area contributed by atoms with Crippen molar-refractivity contribution >= 4 is 22.8 Å². The van der Waals surface area contributed by atoms with E-state index in [1.165, 1.54) is 11.3 Å². The standard InChI is InChI=1S/C23H22N4OS/c1-16-14-24-22(29-16)18-10-8-17(9-11-18)20-6-5-7-21-19(15-25-27(20)21)23(28)26-12-3-2-4-13-26/h5-11,14-15H,2-4,12-13H2,1H3. The Bertz CT molecular complexity index is 1170. The molecule has 1 amide bonds. The summed E-state index contributed by atoms with van der Waals surface area (Å²) in [5.74, 6) is 0.0892. The molecule has 4 aromatic rings. The number of piperidine rings is 1. The number of hydrogen-bond donors (Lipinski definition) is 0. The smallest absolute Gasteiger partial charge is 0.257 e. The number of likely N-dealkylation sites (tertiary alicyclic amines) is 1. The van der Waals surface area contributed by atoms with E-state index in [2.05, 4.69) is 41.3 Å². The first-order valence-electron chi connectivity index (χ1n) is 10.00. The Kier molecular flexibility index (Phi) is 4.64. The van der Waals surface area contributed by atoms with E-state index in [0.29, 0.717) is 5.56 Å². The fourth-order valence-electron chi connectivity index (χ4n) is 3.93. The molecule has 5 nitrogen and oxygen atoms in total. The van der Waals surface area contributed by atoms with Crippen molar-refractivity contribution in [2.45, 2.75) is 26.2 Å². The van der Waals surface area contributed by atoms with Crippen LogP contribution in [0, 0.1) is 6.92 Å². The molecular formula is C23H22N4OS. The van der Waals surface area contributed by atoms with Crippen LogP contribution in [0.1, 0.15) is 34.5 Å². The molecule has 146 valence electrons. The maximum absolute atomic E-state index is 13.0. The molecule has 0 unspecified atom stereocenters. The van der Waals surface area contributed by atoms with Gasteiger partial charge >= 0.3 is 0 Å². The monoisotopic (exact) mass is 402 g/mol. The van der Waals surface area contributed by atoms with Gasteiger partial charge in [-0.1, -0.05) is 30.3 Å². The summed E-state index contributed by atoms with van der Waals surface area (Å²) >= 11 is 1.69. The number of rotatable bonds is 3. The second kappa shape index (κ2) is 7.44. The lowest BCUT2D eigenvalue weighted by Gasteiger charge is -2.26. The Balaban J connectivity index is 1.49. The molecule has 3 aromatic heterocycles. The average Bonchev–Trinajstić information content (AvgIpc) is 3.40. The number of carbonyl (C=O) groups is 1. The minimum atomic E-state index is 0.0892. The number of hydrogen-bond acceptors (Lipinski definition) is 4. The second-order valence-electron chi connectivity index (χ2n) is 7.47. The van der Waals surface area contributed by atoms with E-state index in [4.69, 9.17) is 0 Å². The molecule has 1 saturated heterocycles. The van der Waals surface area contributed by atoms with Gasteiger partial charge in [-0.15, -0.1) is 11.3 Å². The first kappa shape index (κ1) is 18.1. The zero-order valence-electron chi connectivity index (χ0n) is 16.3. The number of aryl methyl sites for hydroxylation is 1. The Hall–Kier alpha value is -2.99. The lowest BCUT2D eigenvalue weighted by Crippen LogP contribution is -2.35. The molecule has 4 heterocycles. The molecular weight excluding hydrogens is 380 g/mol. The first-order chi connectivity index (χ1) is 14.2. The van der Waals surface area contributed by atoms with Gasteiger partial charge < -0.3 is 4.90 Å². The van der Waals surface area contributed by atoms with Gasteiger partial charge in [0.2, 0.25) is 0 Å². The fourth-order valence-corrected chi connectivity index (χ4v) is 4.70. The number of pyridine rings is 1. The minimum absolute atomic E-state index is 0.0892. The Morgan fingerprint density at radius 2 is 1.72 bits per heavy atom. The molecule has 1 aliphatic rings. The van der Waals surface area contributed by atoms with Gasteiger partial charge in [0, 0.05) is 35.3 Å².